The molecule has 0 aliphatic heterocycles. The van der Waals surface area contributed by atoms with Crippen LogP contribution in [0.25, 0.3) is 0 Å². The quantitative estimate of drug-likeness (QED) is 0.0363. The van der Waals surface area contributed by atoms with Gasteiger partial charge in [0.25, 0.3) is 0 Å². The van der Waals surface area contributed by atoms with E-state index < -0.39 is 47.2 Å². The first-order chi connectivity index (χ1) is 19.9. The zero-order valence-corrected chi connectivity index (χ0v) is 23.5. The van der Waals surface area contributed by atoms with Crippen molar-refractivity contribution in [2.75, 3.05) is 92.5 Å². The number of rotatable bonds is 27. The van der Waals surface area contributed by atoms with E-state index in [4.69, 9.17) is 33.2 Å². The number of hydrogen-bond donors (Lipinski definition) is 0. The average molecular weight is 605 g/mol. The normalized spacial score (nSPS) is 11.4. The Kier molecular flexibility index (Phi) is 22.3. The van der Waals surface area contributed by atoms with Gasteiger partial charge in [0, 0.05) is 6.61 Å². The fraction of sp³-hybridized carbons (Fsp3) is 0.741. The van der Waals surface area contributed by atoms with Gasteiger partial charge >= 0.3 is 5.97 Å². The molecule has 0 radical (unpaired) electrons. The molecule has 0 atom stereocenters. The lowest BCUT2D eigenvalue weighted by molar-refractivity contribution is -0.136. The largest absolute Gasteiger partial charge is 0.420 e. The second-order valence-electron chi connectivity index (χ2n) is 8.47. The second kappa shape index (κ2) is 24.6. The van der Waals surface area contributed by atoms with Crippen LogP contribution >= 0.6 is 0 Å². The van der Waals surface area contributed by atoms with Gasteiger partial charge in [0.2, 0.25) is 34.8 Å². The maximum Gasteiger partial charge on any atom is 0.313 e. The van der Waals surface area contributed by atoms with E-state index in [0.29, 0.717) is 66.1 Å². The zero-order valence-electron chi connectivity index (χ0n) is 23.5. The van der Waals surface area contributed by atoms with Crippen molar-refractivity contribution in [3.05, 3.63) is 29.1 Å². The predicted molar refractivity (Wildman–Crippen MR) is 136 cm³/mol. The van der Waals surface area contributed by atoms with Gasteiger partial charge in [-0.3, -0.25) is 4.79 Å². The summed E-state index contributed by atoms with van der Waals surface area (Å²) in [5.74, 6) is -14.1. The first-order valence-electron chi connectivity index (χ1n) is 13.7. The number of ether oxygens (including phenoxy) is 8. The van der Waals surface area contributed by atoms with Gasteiger partial charge in [-0.2, -0.15) is 8.78 Å². The molecule has 238 valence electrons. The molecule has 0 aliphatic rings. The molecule has 41 heavy (non-hydrogen) atoms. The number of hydrogen-bond acceptors (Lipinski definition) is 9. The van der Waals surface area contributed by atoms with E-state index >= 15 is 0 Å². The second-order valence-corrected chi connectivity index (χ2v) is 8.47. The molecule has 0 bridgehead atoms. The summed E-state index contributed by atoms with van der Waals surface area (Å²) >= 11 is 0. The lowest BCUT2D eigenvalue weighted by Crippen LogP contribution is -2.16. The molecule has 0 heterocycles. The fourth-order valence-electron chi connectivity index (χ4n) is 3.05. The van der Waals surface area contributed by atoms with E-state index in [9.17, 15) is 26.7 Å². The summed E-state index contributed by atoms with van der Waals surface area (Å²) in [4.78, 5) is 11.6. The van der Waals surface area contributed by atoms with E-state index in [-0.39, 0.29) is 19.8 Å². The molecule has 0 saturated carbocycles. The SMILES string of the molecule is CCCCCCOCCOCCOCCOCCOCCOCCOCCC(=O)Oc1c(F)c(F)c(F)c(F)c1F. The molecular weight excluding hydrogens is 563 g/mol. The lowest BCUT2D eigenvalue weighted by Gasteiger charge is -2.09. The number of benzene rings is 1. The predicted octanol–water partition coefficient (Wildman–Crippen LogP) is 4.37. The molecule has 0 fully saturated rings. The maximum atomic E-state index is 13.5. The van der Waals surface area contributed by atoms with E-state index in [0.717, 1.165) is 13.0 Å². The highest BCUT2D eigenvalue weighted by atomic mass is 19.2. The average Bonchev–Trinajstić information content (AvgIpc) is 2.97. The molecule has 1 aromatic carbocycles. The molecule has 0 aliphatic carbocycles. The highest BCUT2D eigenvalue weighted by Crippen LogP contribution is 2.29. The Hall–Kier alpha value is -1.94. The fourth-order valence-corrected chi connectivity index (χ4v) is 3.05. The van der Waals surface area contributed by atoms with Gasteiger partial charge in [0.1, 0.15) is 0 Å². The van der Waals surface area contributed by atoms with Gasteiger partial charge in [0.05, 0.1) is 92.3 Å². The minimum Gasteiger partial charge on any atom is -0.420 e. The minimum atomic E-state index is -2.34. The van der Waals surface area contributed by atoms with Crippen molar-refractivity contribution in [1.82, 2.24) is 0 Å². The summed E-state index contributed by atoms with van der Waals surface area (Å²) in [5.41, 5.74) is 0. The molecule has 1 rings (SSSR count). The van der Waals surface area contributed by atoms with Crippen molar-refractivity contribution in [2.45, 2.75) is 39.0 Å². The Morgan fingerprint density at radius 1 is 0.463 bits per heavy atom. The summed E-state index contributed by atoms with van der Waals surface area (Å²) in [5, 5.41) is 0. The summed E-state index contributed by atoms with van der Waals surface area (Å²) in [6.07, 6.45) is 4.28. The standard InChI is InChI=1S/C27H41F5O9/c1-2-3-4-5-7-34-9-11-36-13-15-38-17-19-40-20-18-39-16-14-37-12-10-35-8-6-21(33)41-27-25(31)23(29)22(28)24(30)26(27)32/h2-20H2,1H3. The first-order valence-corrected chi connectivity index (χ1v) is 13.7. The molecule has 0 aromatic heterocycles. The van der Waals surface area contributed by atoms with Crippen LogP contribution in [0.3, 0.4) is 0 Å². The molecule has 14 heteroatoms. The summed E-state index contributed by atoms with van der Waals surface area (Å²) in [6.45, 7) is 7.45. The third-order valence-corrected chi connectivity index (χ3v) is 5.21. The molecular formula is C27H41F5O9. The first kappa shape index (κ1) is 37.1. The monoisotopic (exact) mass is 604 g/mol. The molecule has 9 nitrogen and oxygen atoms in total. The Bertz CT molecular complexity index is 804. The molecule has 0 spiro atoms. The molecule has 0 unspecified atom stereocenters. The lowest BCUT2D eigenvalue weighted by atomic mass is 10.2. The summed E-state index contributed by atoms with van der Waals surface area (Å²) in [6, 6.07) is 0. The van der Waals surface area contributed by atoms with Gasteiger partial charge in [-0.15, -0.1) is 0 Å². The summed E-state index contributed by atoms with van der Waals surface area (Å²) in [7, 11) is 0. The third-order valence-electron chi connectivity index (χ3n) is 5.21. The topological polar surface area (TPSA) is 90.9 Å². The van der Waals surface area contributed by atoms with Crippen molar-refractivity contribution in [2.24, 2.45) is 0 Å². The highest BCUT2D eigenvalue weighted by Gasteiger charge is 2.28. The van der Waals surface area contributed by atoms with Gasteiger partial charge < -0.3 is 37.9 Å². The number of halogens is 5. The zero-order chi connectivity index (χ0) is 30.1. The van der Waals surface area contributed by atoms with E-state index in [1.165, 1.54) is 19.3 Å². The molecule has 0 N–H and O–H groups in total. The van der Waals surface area contributed by atoms with Crippen molar-refractivity contribution in [1.29, 1.82) is 0 Å². The van der Waals surface area contributed by atoms with Crippen LogP contribution in [0, 0.1) is 29.1 Å². The van der Waals surface area contributed by atoms with Crippen molar-refractivity contribution < 1.29 is 64.6 Å². The van der Waals surface area contributed by atoms with Gasteiger partial charge in [-0.05, 0) is 6.42 Å². The number of carbonyl (C=O) groups excluding carboxylic acids is 1. The van der Waals surface area contributed by atoms with Crippen LogP contribution in [0.2, 0.25) is 0 Å². The Labute approximate surface area is 237 Å². The van der Waals surface area contributed by atoms with Crippen LogP contribution in [0.5, 0.6) is 5.75 Å². The summed E-state index contributed by atoms with van der Waals surface area (Å²) < 4.78 is 108. The van der Waals surface area contributed by atoms with Crippen molar-refractivity contribution in [3.63, 3.8) is 0 Å². The minimum absolute atomic E-state index is 0.0941. The van der Waals surface area contributed by atoms with Crippen LogP contribution in [0.4, 0.5) is 22.0 Å². The maximum absolute atomic E-state index is 13.5. The van der Waals surface area contributed by atoms with Gasteiger partial charge in [0.15, 0.2) is 0 Å². The van der Waals surface area contributed by atoms with E-state index in [1.807, 2.05) is 0 Å². The number of carbonyl (C=O) groups is 1. The smallest absolute Gasteiger partial charge is 0.313 e. The Morgan fingerprint density at radius 2 is 0.805 bits per heavy atom. The van der Waals surface area contributed by atoms with Gasteiger partial charge in [-0.25, -0.2) is 13.2 Å². The molecule has 0 amide bonds. The van der Waals surface area contributed by atoms with E-state index in [1.54, 1.807) is 0 Å². The van der Waals surface area contributed by atoms with Crippen LogP contribution in [-0.4, -0.2) is 98.5 Å². The van der Waals surface area contributed by atoms with Crippen LogP contribution < -0.4 is 4.74 Å². The van der Waals surface area contributed by atoms with Crippen LogP contribution in [0.1, 0.15) is 39.0 Å². The van der Waals surface area contributed by atoms with Gasteiger partial charge in [-0.1, -0.05) is 26.2 Å². The Morgan fingerprint density at radius 3 is 1.20 bits per heavy atom. The third kappa shape index (κ3) is 17.6. The van der Waals surface area contributed by atoms with Crippen molar-refractivity contribution >= 4 is 5.97 Å². The van der Waals surface area contributed by atoms with Crippen molar-refractivity contribution in [3.8, 4) is 5.75 Å². The van der Waals surface area contributed by atoms with Crippen LogP contribution in [0.15, 0.2) is 0 Å². The molecule has 0 saturated heterocycles. The number of esters is 1. The van der Waals surface area contributed by atoms with Crippen LogP contribution in [-0.2, 0) is 38.0 Å². The molecule has 1 aromatic rings. The highest BCUT2D eigenvalue weighted by molar-refractivity contribution is 5.72. The van der Waals surface area contributed by atoms with E-state index in [2.05, 4.69) is 11.7 Å². The Balaban J connectivity index is 1.83. The number of unbranched alkanes of at least 4 members (excludes halogenated alkanes) is 3.